The molecule has 0 saturated carbocycles. The SMILES string of the molecule is COc1cc(NS(=O)(=O)c2ccc(N=Cc3ccc(Cl)cc3)cc2)ncn1. The summed E-state index contributed by atoms with van der Waals surface area (Å²) in [6, 6.07) is 14.8. The Labute approximate surface area is 161 Å². The molecule has 7 nitrogen and oxygen atoms in total. The number of nitrogens with zero attached hydrogens (tertiary/aromatic N) is 3. The van der Waals surface area contributed by atoms with Gasteiger partial charge in [-0.25, -0.2) is 18.4 Å². The fourth-order valence-electron chi connectivity index (χ4n) is 2.11. The van der Waals surface area contributed by atoms with Gasteiger partial charge in [0.05, 0.1) is 17.7 Å². The topological polar surface area (TPSA) is 93.5 Å². The molecule has 2 aromatic carbocycles. The largest absolute Gasteiger partial charge is 0.481 e. The first kappa shape index (κ1) is 18.8. The van der Waals surface area contributed by atoms with Crippen molar-refractivity contribution in [3.8, 4) is 5.88 Å². The molecular weight excluding hydrogens is 388 g/mol. The quantitative estimate of drug-likeness (QED) is 0.634. The van der Waals surface area contributed by atoms with Gasteiger partial charge in [0.2, 0.25) is 5.88 Å². The maximum atomic E-state index is 12.5. The summed E-state index contributed by atoms with van der Waals surface area (Å²) in [5.41, 5.74) is 1.50. The monoisotopic (exact) mass is 402 g/mol. The van der Waals surface area contributed by atoms with E-state index in [1.165, 1.54) is 31.6 Å². The van der Waals surface area contributed by atoms with Crippen LogP contribution in [0.4, 0.5) is 11.5 Å². The molecule has 0 aliphatic carbocycles. The second-order valence-electron chi connectivity index (χ2n) is 5.35. The summed E-state index contributed by atoms with van der Waals surface area (Å²) >= 11 is 5.84. The number of aromatic nitrogens is 2. The first-order valence-corrected chi connectivity index (χ1v) is 9.61. The minimum absolute atomic E-state index is 0.0884. The number of methoxy groups -OCH3 is 1. The number of benzene rings is 2. The van der Waals surface area contributed by atoms with Gasteiger partial charge < -0.3 is 4.74 Å². The Morgan fingerprint density at radius 3 is 2.44 bits per heavy atom. The molecular formula is C18H15ClN4O3S. The number of sulfonamides is 1. The third-order valence-corrected chi connectivity index (χ3v) is 5.09. The van der Waals surface area contributed by atoms with Crippen molar-refractivity contribution in [2.24, 2.45) is 4.99 Å². The highest BCUT2D eigenvalue weighted by molar-refractivity contribution is 7.92. The fraction of sp³-hybridized carbons (Fsp3) is 0.0556. The van der Waals surface area contributed by atoms with E-state index in [0.29, 0.717) is 10.7 Å². The maximum absolute atomic E-state index is 12.5. The highest BCUT2D eigenvalue weighted by atomic mass is 35.5. The predicted molar refractivity (Wildman–Crippen MR) is 105 cm³/mol. The van der Waals surface area contributed by atoms with E-state index in [9.17, 15) is 8.42 Å². The highest BCUT2D eigenvalue weighted by Gasteiger charge is 2.15. The smallest absolute Gasteiger partial charge is 0.263 e. The molecule has 3 aromatic rings. The number of nitrogens with one attached hydrogen (secondary N) is 1. The van der Waals surface area contributed by atoms with Gasteiger partial charge in [0.15, 0.2) is 0 Å². The van der Waals surface area contributed by atoms with E-state index in [1.807, 2.05) is 12.1 Å². The van der Waals surface area contributed by atoms with Gasteiger partial charge in [-0.3, -0.25) is 9.71 Å². The first-order valence-electron chi connectivity index (χ1n) is 7.75. The van der Waals surface area contributed by atoms with Gasteiger partial charge >= 0.3 is 0 Å². The zero-order valence-corrected chi connectivity index (χ0v) is 15.8. The Kier molecular flexibility index (Phi) is 5.68. The number of hydrogen-bond acceptors (Lipinski definition) is 6. The predicted octanol–water partition coefficient (Wildman–Crippen LogP) is 3.69. The van der Waals surface area contributed by atoms with Crippen LogP contribution in [-0.2, 0) is 10.0 Å². The van der Waals surface area contributed by atoms with Gasteiger partial charge in [-0.05, 0) is 42.0 Å². The molecule has 0 bridgehead atoms. The Bertz CT molecular complexity index is 1050. The van der Waals surface area contributed by atoms with Crippen LogP contribution in [0, 0.1) is 0 Å². The molecule has 0 unspecified atom stereocenters. The minimum Gasteiger partial charge on any atom is -0.481 e. The number of halogens is 1. The third kappa shape index (κ3) is 5.02. The van der Waals surface area contributed by atoms with Gasteiger partial charge in [-0.1, -0.05) is 23.7 Å². The van der Waals surface area contributed by atoms with Crippen LogP contribution in [0.2, 0.25) is 5.02 Å². The molecule has 0 atom stereocenters. The zero-order chi connectivity index (χ0) is 19.3. The van der Waals surface area contributed by atoms with Crippen LogP contribution in [0.1, 0.15) is 5.56 Å². The second-order valence-corrected chi connectivity index (χ2v) is 7.47. The molecule has 0 aliphatic rings. The van der Waals surface area contributed by atoms with Gasteiger partial charge in [-0.15, -0.1) is 0 Å². The third-order valence-electron chi connectivity index (χ3n) is 3.47. The summed E-state index contributed by atoms with van der Waals surface area (Å²) in [6.07, 6.45) is 2.89. The van der Waals surface area contributed by atoms with Gasteiger partial charge in [0, 0.05) is 17.3 Å². The molecule has 9 heteroatoms. The van der Waals surface area contributed by atoms with E-state index < -0.39 is 10.0 Å². The van der Waals surface area contributed by atoms with Crippen molar-refractivity contribution in [3.05, 3.63) is 71.5 Å². The van der Waals surface area contributed by atoms with Crippen LogP contribution in [0.5, 0.6) is 5.88 Å². The molecule has 27 heavy (non-hydrogen) atoms. The van der Waals surface area contributed by atoms with Crippen molar-refractivity contribution < 1.29 is 13.2 Å². The summed E-state index contributed by atoms with van der Waals surface area (Å²) in [4.78, 5) is 12.1. The minimum atomic E-state index is -3.79. The molecule has 138 valence electrons. The molecule has 1 heterocycles. The zero-order valence-electron chi connectivity index (χ0n) is 14.2. The van der Waals surface area contributed by atoms with E-state index in [1.54, 1.807) is 30.5 Å². The van der Waals surface area contributed by atoms with Gasteiger partial charge in [0.1, 0.15) is 12.1 Å². The van der Waals surface area contributed by atoms with E-state index >= 15 is 0 Å². The number of aliphatic imine (C=N–C) groups is 1. The Balaban J connectivity index is 1.74. The molecule has 0 fully saturated rings. The first-order chi connectivity index (χ1) is 13.0. The van der Waals surface area contributed by atoms with Crippen molar-refractivity contribution in [1.82, 2.24) is 9.97 Å². The molecule has 0 radical (unpaired) electrons. The van der Waals surface area contributed by atoms with Crippen molar-refractivity contribution in [3.63, 3.8) is 0 Å². The average Bonchev–Trinajstić information content (AvgIpc) is 2.68. The summed E-state index contributed by atoms with van der Waals surface area (Å²) in [5, 5.41) is 0.649. The summed E-state index contributed by atoms with van der Waals surface area (Å²) in [6.45, 7) is 0. The highest BCUT2D eigenvalue weighted by Crippen LogP contribution is 2.20. The standard InChI is InChI=1S/C18H15ClN4O3S/c1-26-18-10-17(21-12-22-18)23-27(24,25)16-8-6-15(7-9-16)20-11-13-2-4-14(19)5-3-13/h2-12H,1H3,(H,21,22,23). The van der Waals surface area contributed by atoms with E-state index in [-0.39, 0.29) is 16.6 Å². The lowest BCUT2D eigenvalue weighted by Gasteiger charge is -2.08. The molecule has 1 aromatic heterocycles. The molecule has 3 rings (SSSR count). The number of anilines is 1. The average molecular weight is 403 g/mol. The number of rotatable bonds is 6. The van der Waals surface area contributed by atoms with Crippen LogP contribution in [-0.4, -0.2) is 31.7 Å². The van der Waals surface area contributed by atoms with Gasteiger partial charge in [-0.2, -0.15) is 0 Å². The van der Waals surface area contributed by atoms with Gasteiger partial charge in [0.25, 0.3) is 10.0 Å². The van der Waals surface area contributed by atoms with E-state index in [4.69, 9.17) is 16.3 Å². The fourth-order valence-corrected chi connectivity index (χ4v) is 3.24. The number of ether oxygens (including phenoxy) is 1. The Morgan fingerprint density at radius 1 is 1.07 bits per heavy atom. The van der Waals surface area contributed by atoms with Crippen molar-refractivity contribution in [2.45, 2.75) is 4.90 Å². The Hall–Kier alpha value is -2.97. The molecule has 0 saturated heterocycles. The maximum Gasteiger partial charge on any atom is 0.263 e. The second kappa shape index (κ2) is 8.15. The summed E-state index contributed by atoms with van der Waals surface area (Å²) < 4.78 is 32.3. The van der Waals surface area contributed by atoms with Crippen LogP contribution in [0.15, 0.2) is 70.8 Å². The molecule has 0 amide bonds. The lowest BCUT2D eigenvalue weighted by atomic mass is 10.2. The lowest BCUT2D eigenvalue weighted by molar-refractivity contribution is 0.397. The van der Waals surface area contributed by atoms with Crippen LogP contribution >= 0.6 is 11.6 Å². The summed E-state index contributed by atoms with van der Waals surface area (Å²) in [7, 11) is -2.35. The van der Waals surface area contributed by atoms with Crippen molar-refractivity contribution in [2.75, 3.05) is 11.8 Å². The van der Waals surface area contributed by atoms with E-state index in [2.05, 4.69) is 19.7 Å². The Morgan fingerprint density at radius 2 is 1.78 bits per heavy atom. The van der Waals surface area contributed by atoms with Crippen LogP contribution in [0.25, 0.3) is 0 Å². The number of hydrogen-bond donors (Lipinski definition) is 1. The van der Waals surface area contributed by atoms with Crippen molar-refractivity contribution in [1.29, 1.82) is 0 Å². The van der Waals surface area contributed by atoms with Crippen LogP contribution in [0.3, 0.4) is 0 Å². The normalized spacial score (nSPS) is 11.5. The lowest BCUT2D eigenvalue weighted by Crippen LogP contribution is -2.14. The van der Waals surface area contributed by atoms with Crippen molar-refractivity contribution >= 4 is 39.3 Å². The van der Waals surface area contributed by atoms with E-state index in [0.717, 1.165) is 5.56 Å². The molecule has 1 N–H and O–H groups in total. The molecule has 0 aliphatic heterocycles. The van der Waals surface area contributed by atoms with Crippen LogP contribution < -0.4 is 9.46 Å². The summed E-state index contributed by atoms with van der Waals surface area (Å²) in [5.74, 6) is 0.376. The molecule has 0 spiro atoms.